The molecule has 6 nitrogen and oxygen atoms in total. The first-order chi connectivity index (χ1) is 8.70. The molecule has 0 spiro atoms. The molecule has 7 heteroatoms. The van der Waals surface area contributed by atoms with Crippen LogP contribution in [-0.2, 0) is 0 Å². The second-order valence-corrected chi connectivity index (χ2v) is 4.80. The number of aromatic nitrogens is 3. The van der Waals surface area contributed by atoms with E-state index in [0.29, 0.717) is 23.4 Å². The van der Waals surface area contributed by atoms with Crippen LogP contribution in [0, 0.1) is 0 Å². The zero-order chi connectivity index (χ0) is 13.0. The predicted molar refractivity (Wildman–Crippen MR) is 75.2 cm³/mol. The van der Waals surface area contributed by atoms with Crippen molar-refractivity contribution in [2.75, 3.05) is 16.4 Å². The van der Waals surface area contributed by atoms with Crippen molar-refractivity contribution < 1.29 is 0 Å². The molecule has 2 rings (SSSR count). The van der Waals surface area contributed by atoms with E-state index in [2.05, 4.69) is 39.4 Å². The molecule has 0 amide bonds. The lowest BCUT2D eigenvalue weighted by Gasteiger charge is -2.15. The summed E-state index contributed by atoms with van der Waals surface area (Å²) in [4.78, 5) is 12.4. The fraction of sp³-hybridized carbons (Fsp3) is 0.364. The fourth-order valence-electron chi connectivity index (χ4n) is 1.33. The molecule has 0 aliphatic heterocycles. The Morgan fingerprint density at radius 1 is 1.33 bits per heavy atom. The first-order valence-electron chi connectivity index (χ1n) is 5.74. The van der Waals surface area contributed by atoms with Crippen LogP contribution in [0.1, 0.15) is 20.3 Å². The van der Waals surface area contributed by atoms with Gasteiger partial charge in [-0.3, -0.25) is 0 Å². The molecule has 0 fully saturated rings. The van der Waals surface area contributed by atoms with Crippen molar-refractivity contribution in [3.05, 3.63) is 17.9 Å². The van der Waals surface area contributed by atoms with Crippen LogP contribution in [0.2, 0.25) is 0 Å². The molecule has 4 N–H and O–H groups in total. The van der Waals surface area contributed by atoms with E-state index >= 15 is 0 Å². The molecule has 0 saturated heterocycles. The molecule has 2 heterocycles. The molecule has 1 unspecified atom stereocenters. The van der Waals surface area contributed by atoms with Crippen LogP contribution in [0.5, 0.6) is 0 Å². The molecule has 2 aromatic heterocycles. The Kier molecular flexibility index (Phi) is 3.93. The smallest absolute Gasteiger partial charge is 0.188 e. The van der Waals surface area contributed by atoms with E-state index in [0.717, 1.165) is 11.6 Å². The molecular weight excluding hydrogens is 248 g/mol. The van der Waals surface area contributed by atoms with E-state index < -0.39 is 0 Å². The van der Waals surface area contributed by atoms with Gasteiger partial charge in [0, 0.05) is 17.6 Å². The third-order valence-electron chi connectivity index (χ3n) is 2.54. The second kappa shape index (κ2) is 5.63. The summed E-state index contributed by atoms with van der Waals surface area (Å²) in [6.07, 6.45) is 4.21. The summed E-state index contributed by atoms with van der Waals surface area (Å²) in [5, 5.41) is 8.97. The van der Waals surface area contributed by atoms with Crippen molar-refractivity contribution in [1.29, 1.82) is 0 Å². The second-order valence-electron chi connectivity index (χ2n) is 3.90. The lowest BCUT2D eigenvalue weighted by molar-refractivity contribution is 0.759. The molecule has 0 radical (unpaired) electrons. The Bertz CT molecular complexity index is 498. The van der Waals surface area contributed by atoms with Gasteiger partial charge in [-0.15, -0.1) is 11.3 Å². The number of nitrogen functional groups attached to an aromatic ring is 1. The third-order valence-corrected chi connectivity index (χ3v) is 3.23. The van der Waals surface area contributed by atoms with Crippen LogP contribution in [0.3, 0.4) is 0 Å². The number of thiazole rings is 1. The summed E-state index contributed by atoms with van der Waals surface area (Å²) in [6, 6.07) is 0.315. The number of hydrogen-bond donors (Lipinski definition) is 3. The van der Waals surface area contributed by atoms with E-state index in [1.54, 1.807) is 6.20 Å². The Hall–Kier alpha value is -1.89. The van der Waals surface area contributed by atoms with Gasteiger partial charge in [0.25, 0.3) is 0 Å². The molecule has 0 saturated carbocycles. The predicted octanol–water partition coefficient (Wildman–Crippen LogP) is 2.47. The topological polar surface area (TPSA) is 88.8 Å². The minimum absolute atomic E-state index is 0.315. The van der Waals surface area contributed by atoms with Crippen LogP contribution in [0.25, 0.3) is 0 Å². The minimum atomic E-state index is 0.315. The van der Waals surface area contributed by atoms with Gasteiger partial charge in [0.15, 0.2) is 16.8 Å². The monoisotopic (exact) mass is 264 g/mol. The largest absolute Gasteiger partial charge is 0.393 e. The van der Waals surface area contributed by atoms with Gasteiger partial charge in [0.1, 0.15) is 12.0 Å². The fourth-order valence-corrected chi connectivity index (χ4v) is 1.86. The third kappa shape index (κ3) is 2.86. The highest BCUT2D eigenvalue weighted by Crippen LogP contribution is 2.26. The molecule has 0 aliphatic carbocycles. The van der Waals surface area contributed by atoms with Crippen molar-refractivity contribution in [3.63, 3.8) is 0 Å². The SMILES string of the molecule is CCC(C)Nc1ncnc(Nc2nccs2)c1N. The maximum atomic E-state index is 6.03. The van der Waals surface area contributed by atoms with Gasteiger partial charge in [0.2, 0.25) is 0 Å². The van der Waals surface area contributed by atoms with Crippen molar-refractivity contribution >= 4 is 33.8 Å². The number of nitrogens with one attached hydrogen (secondary N) is 2. The maximum absolute atomic E-state index is 6.03. The molecular formula is C11H16N6S. The average molecular weight is 264 g/mol. The first-order valence-corrected chi connectivity index (χ1v) is 6.62. The lowest BCUT2D eigenvalue weighted by Crippen LogP contribution is -2.16. The van der Waals surface area contributed by atoms with Gasteiger partial charge >= 0.3 is 0 Å². The Balaban J connectivity index is 2.19. The summed E-state index contributed by atoms with van der Waals surface area (Å²) in [5.74, 6) is 1.23. The highest BCUT2D eigenvalue weighted by atomic mass is 32.1. The molecule has 0 aromatic carbocycles. The van der Waals surface area contributed by atoms with Gasteiger partial charge in [-0.05, 0) is 13.3 Å². The van der Waals surface area contributed by atoms with Crippen LogP contribution in [0.4, 0.5) is 22.5 Å². The normalized spacial score (nSPS) is 12.1. The summed E-state index contributed by atoms with van der Waals surface area (Å²) >= 11 is 1.49. The van der Waals surface area contributed by atoms with E-state index in [1.165, 1.54) is 17.7 Å². The first kappa shape index (κ1) is 12.6. The van der Waals surface area contributed by atoms with Crippen molar-refractivity contribution in [1.82, 2.24) is 15.0 Å². The summed E-state index contributed by atoms with van der Waals surface area (Å²) in [5.41, 5.74) is 6.54. The minimum Gasteiger partial charge on any atom is -0.393 e. The van der Waals surface area contributed by atoms with Crippen molar-refractivity contribution in [3.8, 4) is 0 Å². The van der Waals surface area contributed by atoms with E-state index in [9.17, 15) is 0 Å². The van der Waals surface area contributed by atoms with E-state index in [4.69, 9.17) is 5.73 Å². The van der Waals surface area contributed by atoms with Crippen LogP contribution < -0.4 is 16.4 Å². The average Bonchev–Trinajstić information content (AvgIpc) is 2.87. The quantitative estimate of drug-likeness (QED) is 0.768. The van der Waals surface area contributed by atoms with Crippen LogP contribution >= 0.6 is 11.3 Å². The van der Waals surface area contributed by atoms with Crippen LogP contribution in [0.15, 0.2) is 17.9 Å². The molecule has 0 aliphatic rings. The van der Waals surface area contributed by atoms with Gasteiger partial charge < -0.3 is 16.4 Å². The molecule has 18 heavy (non-hydrogen) atoms. The Labute approximate surface area is 110 Å². The Morgan fingerprint density at radius 3 is 2.78 bits per heavy atom. The Morgan fingerprint density at radius 2 is 2.11 bits per heavy atom. The molecule has 2 aromatic rings. The van der Waals surface area contributed by atoms with Gasteiger partial charge in [-0.2, -0.15) is 0 Å². The number of nitrogens with zero attached hydrogens (tertiary/aromatic N) is 3. The number of hydrogen-bond acceptors (Lipinski definition) is 7. The highest BCUT2D eigenvalue weighted by Gasteiger charge is 2.10. The van der Waals surface area contributed by atoms with Gasteiger partial charge in [-0.1, -0.05) is 6.92 Å². The van der Waals surface area contributed by atoms with E-state index in [-0.39, 0.29) is 0 Å². The number of nitrogens with two attached hydrogens (primary N) is 1. The zero-order valence-electron chi connectivity index (χ0n) is 10.3. The maximum Gasteiger partial charge on any atom is 0.188 e. The molecule has 1 atom stereocenters. The summed E-state index contributed by atoms with van der Waals surface area (Å²) in [6.45, 7) is 4.18. The lowest BCUT2D eigenvalue weighted by atomic mass is 10.2. The summed E-state index contributed by atoms with van der Waals surface area (Å²) < 4.78 is 0. The standard InChI is InChI=1S/C11H16N6S/c1-3-7(2)16-9-8(12)10(15-6-14-9)17-11-13-4-5-18-11/h4-7H,3,12H2,1-2H3,(H2,13,14,15,16,17). The molecule has 96 valence electrons. The highest BCUT2D eigenvalue weighted by molar-refractivity contribution is 7.13. The van der Waals surface area contributed by atoms with Crippen LogP contribution in [-0.4, -0.2) is 21.0 Å². The van der Waals surface area contributed by atoms with Gasteiger partial charge in [0.05, 0.1) is 0 Å². The number of anilines is 4. The molecule has 0 bridgehead atoms. The summed E-state index contributed by atoms with van der Waals surface area (Å²) in [7, 11) is 0. The van der Waals surface area contributed by atoms with Crippen molar-refractivity contribution in [2.45, 2.75) is 26.3 Å². The zero-order valence-corrected chi connectivity index (χ0v) is 11.2. The number of rotatable bonds is 5. The van der Waals surface area contributed by atoms with Gasteiger partial charge in [-0.25, -0.2) is 15.0 Å². The van der Waals surface area contributed by atoms with Crippen molar-refractivity contribution in [2.24, 2.45) is 0 Å². The van der Waals surface area contributed by atoms with E-state index in [1.807, 2.05) is 5.38 Å².